The molecular formula is C16H23N. The Bertz CT molecular complexity index is 336. The van der Waals surface area contributed by atoms with E-state index in [9.17, 15) is 0 Å². The molecule has 2 fully saturated rings. The van der Waals surface area contributed by atoms with E-state index in [1.54, 1.807) is 5.56 Å². The minimum Gasteiger partial charge on any atom is -0.265 e. The number of rotatable bonds is 4. The predicted molar refractivity (Wildman–Crippen MR) is 70.9 cm³/mol. The van der Waals surface area contributed by atoms with Crippen molar-refractivity contribution >= 4 is 0 Å². The van der Waals surface area contributed by atoms with Crippen LogP contribution in [0.4, 0.5) is 0 Å². The Morgan fingerprint density at radius 2 is 1.71 bits per heavy atom. The molecule has 17 heavy (non-hydrogen) atoms. The maximum Gasteiger partial charge on any atom is 0.0270 e. The lowest BCUT2D eigenvalue weighted by Crippen LogP contribution is -2.12. The third kappa shape index (κ3) is 2.88. The van der Waals surface area contributed by atoms with E-state index in [4.69, 9.17) is 0 Å². The molecular weight excluding hydrogens is 206 g/mol. The van der Waals surface area contributed by atoms with Gasteiger partial charge in [-0.2, -0.15) is 0 Å². The predicted octanol–water partition coefficient (Wildman–Crippen LogP) is 4.55. The first-order valence-electron chi connectivity index (χ1n) is 7.33. The summed E-state index contributed by atoms with van der Waals surface area (Å²) in [5, 5.41) is 0. The van der Waals surface area contributed by atoms with Crippen LogP contribution >= 0.6 is 0 Å². The summed E-state index contributed by atoms with van der Waals surface area (Å²) < 4.78 is 0. The van der Waals surface area contributed by atoms with Crippen LogP contribution in [0.5, 0.6) is 0 Å². The maximum atomic E-state index is 4.15. The second-order valence-electron chi connectivity index (χ2n) is 5.96. The molecule has 1 aromatic heterocycles. The summed E-state index contributed by atoms with van der Waals surface area (Å²) in [6, 6.07) is 4.48. The zero-order valence-corrected chi connectivity index (χ0v) is 10.6. The molecule has 1 atom stereocenters. The monoisotopic (exact) mass is 229 g/mol. The second kappa shape index (κ2) is 5.20. The van der Waals surface area contributed by atoms with Gasteiger partial charge in [-0.3, -0.25) is 4.98 Å². The fourth-order valence-corrected chi connectivity index (χ4v) is 3.49. The van der Waals surface area contributed by atoms with Crippen LogP contribution < -0.4 is 0 Å². The summed E-state index contributed by atoms with van der Waals surface area (Å²) in [6.07, 6.45) is 15.7. The number of aromatic nitrogens is 1. The van der Waals surface area contributed by atoms with E-state index >= 15 is 0 Å². The molecule has 92 valence electrons. The van der Waals surface area contributed by atoms with Crippen molar-refractivity contribution in [1.29, 1.82) is 0 Å². The van der Waals surface area contributed by atoms with Crippen molar-refractivity contribution < 1.29 is 0 Å². The molecule has 1 nitrogen and oxygen atoms in total. The third-order valence-electron chi connectivity index (χ3n) is 4.64. The highest BCUT2D eigenvalue weighted by molar-refractivity contribution is 5.18. The number of nitrogens with zero attached hydrogens (tertiary/aromatic N) is 1. The Morgan fingerprint density at radius 1 is 1.00 bits per heavy atom. The SMILES string of the molecule is c1cc(C(CC2CCCCC2)C2CC2)ccn1. The van der Waals surface area contributed by atoms with Crippen LogP contribution in [0.2, 0.25) is 0 Å². The van der Waals surface area contributed by atoms with Gasteiger partial charge in [-0.05, 0) is 54.7 Å². The zero-order valence-electron chi connectivity index (χ0n) is 10.6. The van der Waals surface area contributed by atoms with Gasteiger partial charge in [0.15, 0.2) is 0 Å². The normalized spacial score (nSPS) is 23.5. The zero-order chi connectivity index (χ0) is 11.5. The van der Waals surface area contributed by atoms with Crippen LogP contribution in [0.1, 0.15) is 62.8 Å². The van der Waals surface area contributed by atoms with Gasteiger partial charge in [0.2, 0.25) is 0 Å². The fraction of sp³-hybridized carbons (Fsp3) is 0.688. The first-order chi connectivity index (χ1) is 8.43. The quantitative estimate of drug-likeness (QED) is 0.738. The Hall–Kier alpha value is -0.850. The van der Waals surface area contributed by atoms with Crippen molar-refractivity contribution in [3.05, 3.63) is 30.1 Å². The van der Waals surface area contributed by atoms with Gasteiger partial charge in [-0.1, -0.05) is 32.1 Å². The molecule has 0 aromatic carbocycles. The van der Waals surface area contributed by atoms with Crippen molar-refractivity contribution in [2.45, 2.75) is 57.3 Å². The average Bonchev–Trinajstić information content (AvgIpc) is 3.23. The van der Waals surface area contributed by atoms with Gasteiger partial charge in [-0.25, -0.2) is 0 Å². The lowest BCUT2D eigenvalue weighted by molar-refractivity contribution is 0.307. The lowest BCUT2D eigenvalue weighted by atomic mass is 9.79. The Labute approximate surface area is 105 Å². The van der Waals surface area contributed by atoms with Gasteiger partial charge in [-0.15, -0.1) is 0 Å². The van der Waals surface area contributed by atoms with E-state index < -0.39 is 0 Å². The summed E-state index contributed by atoms with van der Waals surface area (Å²) >= 11 is 0. The van der Waals surface area contributed by atoms with Crippen molar-refractivity contribution in [3.63, 3.8) is 0 Å². The van der Waals surface area contributed by atoms with E-state index in [-0.39, 0.29) is 0 Å². The largest absolute Gasteiger partial charge is 0.265 e. The van der Waals surface area contributed by atoms with Crippen molar-refractivity contribution in [2.24, 2.45) is 11.8 Å². The van der Waals surface area contributed by atoms with Gasteiger partial charge in [0.1, 0.15) is 0 Å². The third-order valence-corrected chi connectivity index (χ3v) is 4.64. The molecule has 1 unspecified atom stereocenters. The lowest BCUT2D eigenvalue weighted by Gasteiger charge is -2.26. The Balaban J connectivity index is 1.67. The van der Waals surface area contributed by atoms with Crippen LogP contribution in [0.3, 0.4) is 0 Å². The molecule has 0 spiro atoms. The van der Waals surface area contributed by atoms with Gasteiger partial charge in [0.25, 0.3) is 0 Å². The molecule has 1 heterocycles. The summed E-state index contributed by atoms with van der Waals surface area (Å²) in [5.74, 6) is 2.82. The molecule has 3 rings (SSSR count). The first-order valence-corrected chi connectivity index (χ1v) is 7.33. The molecule has 0 amide bonds. The van der Waals surface area contributed by atoms with Crippen molar-refractivity contribution in [1.82, 2.24) is 4.98 Å². The van der Waals surface area contributed by atoms with E-state index in [2.05, 4.69) is 17.1 Å². The summed E-state index contributed by atoms with van der Waals surface area (Å²) in [5.41, 5.74) is 1.55. The van der Waals surface area contributed by atoms with Crippen LogP contribution in [0.15, 0.2) is 24.5 Å². The summed E-state index contributed by atoms with van der Waals surface area (Å²) in [7, 11) is 0. The van der Waals surface area contributed by atoms with Crippen LogP contribution in [0, 0.1) is 11.8 Å². The Kier molecular flexibility index (Phi) is 3.44. The van der Waals surface area contributed by atoms with Crippen LogP contribution in [-0.4, -0.2) is 4.98 Å². The highest BCUT2D eigenvalue weighted by Gasteiger charge is 2.33. The topological polar surface area (TPSA) is 12.9 Å². The first kappa shape index (κ1) is 11.3. The van der Waals surface area contributed by atoms with E-state index in [0.29, 0.717) is 0 Å². The molecule has 0 saturated heterocycles. The summed E-state index contributed by atoms with van der Waals surface area (Å²) in [4.78, 5) is 4.15. The number of pyridine rings is 1. The minimum absolute atomic E-state index is 0.834. The molecule has 1 aromatic rings. The smallest absolute Gasteiger partial charge is 0.0270 e. The minimum atomic E-state index is 0.834. The van der Waals surface area contributed by atoms with Gasteiger partial charge >= 0.3 is 0 Å². The van der Waals surface area contributed by atoms with Gasteiger partial charge in [0.05, 0.1) is 0 Å². The molecule has 0 radical (unpaired) electrons. The second-order valence-corrected chi connectivity index (χ2v) is 5.96. The average molecular weight is 229 g/mol. The highest BCUT2D eigenvalue weighted by atomic mass is 14.6. The van der Waals surface area contributed by atoms with Gasteiger partial charge < -0.3 is 0 Å². The molecule has 0 aliphatic heterocycles. The van der Waals surface area contributed by atoms with Crippen molar-refractivity contribution in [2.75, 3.05) is 0 Å². The van der Waals surface area contributed by atoms with Crippen LogP contribution in [-0.2, 0) is 0 Å². The molecule has 0 N–H and O–H groups in total. The fourth-order valence-electron chi connectivity index (χ4n) is 3.49. The molecule has 2 aliphatic carbocycles. The van der Waals surface area contributed by atoms with Crippen LogP contribution in [0.25, 0.3) is 0 Å². The molecule has 1 heteroatoms. The molecule has 2 saturated carbocycles. The molecule has 0 bridgehead atoms. The number of hydrogen-bond acceptors (Lipinski definition) is 1. The van der Waals surface area contributed by atoms with E-state index in [1.807, 2.05) is 12.4 Å². The van der Waals surface area contributed by atoms with E-state index in [0.717, 1.165) is 17.8 Å². The van der Waals surface area contributed by atoms with Crippen molar-refractivity contribution in [3.8, 4) is 0 Å². The molecule has 2 aliphatic rings. The summed E-state index contributed by atoms with van der Waals surface area (Å²) in [6.45, 7) is 0. The Morgan fingerprint density at radius 3 is 2.35 bits per heavy atom. The maximum absolute atomic E-state index is 4.15. The number of hydrogen-bond donors (Lipinski definition) is 0. The standard InChI is InChI=1S/C16H23N/c1-2-4-13(5-3-1)12-16(14-6-7-14)15-8-10-17-11-9-15/h8-11,13-14,16H,1-7,12H2. The van der Waals surface area contributed by atoms with E-state index in [1.165, 1.54) is 51.4 Å². The van der Waals surface area contributed by atoms with Gasteiger partial charge in [0, 0.05) is 12.4 Å². The highest BCUT2D eigenvalue weighted by Crippen LogP contribution is 2.47.